The van der Waals surface area contributed by atoms with Crippen LogP contribution in [0.4, 0.5) is 0 Å². The number of hydrogen-bond acceptors (Lipinski definition) is 2. The van der Waals surface area contributed by atoms with Crippen molar-refractivity contribution in [3.63, 3.8) is 0 Å². The molecule has 5 nitrogen and oxygen atoms in total. The molecule has 2 N–H and O–H groups in total. The van der Waals surface area contributed by atoms with E-state index in [1.54, 1.807) is 0 Å². The predicted octanol–water partition coefficient (Wildman–Crippen LogP) is 3.80. The Hall–Kier alpha value is -2.09. The van der Waals surface area contributed by atoms with Gasteiger partial charge in [0.15, 0.2) is 5.96 Å². The summed E-state index contributed by atoms with van der Waals surface area (Å²) in [5, 5.41) is 13.4. The molecule has 1 aromatic heterocycles. The number of aliphatic imine (C=N–C) groups is 1. The number of nitrogens with one attached hydrogen (secondary N) is 2. The van der Waals surface area contributed by atoms with Crippen molar-refractivity contribution in [2.45, 2.75) is 26.4 Å². The minimum absolute atomic E-state index is 0. The highest BCUT2D eigenvalue weighted by Crippen LogP contribution is 2.16. The fourth-order valence-electron chi connectivity index (χ4n) is 2.73. The van der Waals surface area contributed by atoms with Crippen molar-refractivity contribution < 1.29 is 0 Å². The minimum Gasteiger partial charge on any atom is -0.357 e. The number of rotatable bonds is 7. The van der Waals surface area contributed by atoms with Crippen molar-refractivity contribution >= 4 is 40.7 Å². The number of halogens is 1. The highest BCUT2D eigenvalue weighted by molar-refractivity contribution is 14.0. The molecule has 0 unspecified atom stereocenters. The van der Waals surface area contributed by atoms with E-state index in [-0.39, 0.29) is 24.0 Å². The van der Waals surface area contributed by atoms with Crippen LogP contribution in [-0.2, 0) is 13.1 Å². The van der Waals surface area contributed by atoms with Crippen LogP contribution in [-0.4, -0.2) is 28.8 Å². The van der Waals surface area contributed by atoms with E-state index in [0.717, 1.165) is 32.0 Å². The fraction of sp³-hybridized carbons (Fsp3) is 0.300. The molecule has 1 heterocycles. The average molecular weight is 463 g/mol. The van der Waals surface area contributed by atoms with Crippen LogP contribution in [0, 0.1) is 0 Å². The first-order valence-corrected chi connectivity index (χ1v) is 8.82. The molecule has 0 amide bonds. The topological polar surface area (TPSA) is 54.2 Å². The summed E-state index contributed by atoms with van der Waals surface area (Å²) in [7, 11) is 0. The highest BCUT2D eigenvalue weighted by Gasteiger charge is 1.99. The Morgan fingerprint density at radius 1 is 1.08 bits per heavy atom. The van der Waals surface area contributed by atoms with Gasteiger partial charge >= 0.3 is 0 Å². The minimum atomic E-state index is 0. The van der Waals surface area contributed by atoms with Gasteiger partial charge in [-0.1, -0.05) is 36.4 Å². The number of aromatic nitrogens is 2. The van der Waals surface area contributed by atoms with Crippen LogP contribution in [0.3, 0.4) is 0 Å². The van der Waals surface area contributed by atoms with Crippen molar-refractivity contribution in [2.24, 2.45) is 4.99 Å². The Morgan fingerprint density at radius 2 is 1.92 bits per heavy atom. The van der Waals surface area contributed by atoms with Gasteiger partial charge in [0, 0.05) is 32.0 Å². The molecule has 3 aromatic rings. The number of aryl methyl sites for hydroxylation is 1. The Balaban J connectivity index is 0.00000243. The zero-order valence-corrected chi connectivity index (χ0v) is 17.4. The maximum Gasteiger partial charge on any atom is 0.191 e. The SMILES string of the molecule is CCNC(=NCc1ccc2ccccc2c1)NCCCn1cccn1.I. The molecule has 138 valence electrons. The molecule has 0 fully saturated rings. The Bertz CT molecular complexity index is 814. The fourth-order valence-corrected chi connectivity index (χ4v) is 2.73. The van der Waals surface area contributed by atoms with Crippen LogP contribution in [0.5, 0.6) is 0 Å². The largest absolute Gasteiger partial charge is 0.357 e. The molecule has 0 radical (unpaired) electrons. The summed E-state index contributed by atoms with van der Waals surface area (Å²) in [5.41, 5.74) is 1.22. The maximum atomic E-state index is 4.70. The van der Waals surface area contributed by atoms with Crippen molar-refractivity contribution in [3.8, 4) is 0 Å². The lowest BCUT2D eigenvalue weighted by molar-refractivity contribution is 0.570. The van der Waals surface area contributed by atoms with Crippen LogP contribution < -0.4 is 10.6 Å². The second-order valence-electron chi connectivity index (χ2n) is 5.93. The molecule has 0 saturated carbocycles. The standard InChI is InChI=1S/C20H25N5.HI/c1-2-21-20(22-11-5-13-25-14-6-12-24-25)23-16-17-9-10-18-7-3-4-8-19(18)15-17;/h3-4,6-10,12,14-15H,2,5,11,13,16H2,1H3,(H2,21,22,23);1H. The number of hydrogen-bond donors (Lipinski definition) is 2. The Kier molecular flexibility index (Phi) is 8.40. The molecule has 0 aliphatic rings. The first-order valence-electron chi connectivity index (χ1n) is 8.82. The first-order chi connectivity index (χ1) is 12.3. The number of guanidine groups is 1. The van der Waals surface area contributed by atoms with Crippen molar-refractivity contribution in [1.29, 1.82) is 0 Å². The van der Waals surface area contributed by atoms with Crippen LogP contribution in [0.1, 0.15) is 18.9 Å². The number of benzene rings is 2. The molecule has 3 rings (SSSR count). The van der Waals surface area contributed by atoms with Crippen molar-refractivity contribution in [1.82, 2.24) is 20.4 Å². The quantitative estimate of drug-likeness (QED) is 0.243. The van der Waals surface area contributed by atoms with Gasteiger partial charge in [-0.3, -0.25) is 4.68 Å². The maximum absolute atomic E-state index is 4.70. The summed E-state index contributed by atoms with van der Waals surface area (Å²) in [6.07, 6.45) is 4.80. The number of nitrogens with zero attached hydrogens (tertiary/aromatic N) is 3. The lowest BCUT2D eigenvalue weighted by Crippen LogP contribution is -2.38. The first kappa shape index (κ1) is 20.2. The molecular formula is C20H26IN5. The van der Waals surface area contributed by atoms with Gasteiger partial charge in [-0.2, -0.15) is 5.10 Å². The van der Waals surface area contributed by atoms with E-state index < -0.39 is 0 Å². The molecule has 0 bridgehead atoms. The zero-order valence-electron chi connectivity index (χ0n) is 15.1. The van der Waals surface area contributed by atoms with Crippen LogP contribution in [0.2, 0.25) is 0 Å². The monoisotopic (exact) mass is 463 g/mol. The number of fused-ring (bicyclic) bond motifs is 1. The summed E-state index contributed by atoms with van der Waals surface area (Å²) < 4.78 is 1.95. The third kappa shape index (κ3) is 6.01. The normalized spacial score (nSPS) is 11.2. The van der Waals surface area contributed by atoms with E-state index >= 15 is 0 Å². The van der Waals surface area contributed by atoms with Gasteiger partial charge < -0.3 is 10.6 Å². The smallest absolute Gasteiger partial charge is 0.191 e. The average Bonchev–Trinajstić information content (AvgIpc) is 3.16. The molecule has 6 heteroatoms. The van der Waals surface area contributed by atoms with E-state index in [1.165, 1.54) is 16.3 Å². The summed E-state index contributed by atoms with van der Waals surface area (Å²) in [5.74, 6) is 0.858. The van der Waals surface area contributed by atoms with Gasteiger partial charge in [0.2, 0.25) is 0 Å². The van der Waals surface area contributed by atoms with Crippen molar-refractivity contribution in [3.05, 3.63) is 66.5 Å². The molecule has 0 atom stereocenters. The van der Waals surface area contributed by atoms with E-state index in [1.807, 2.05) is 23.1 Å². The summed E-state index contributed by atoms with van der Waals surface area (Å²) >= 11 is 0. The van der Waals surface area contributed by atoms with Crippen molar-refractivity contribution in [2.75, 3.05) is 13.1 Å². The molecule has 0 aliphatic carbocycles. The highest BCUT2D eigenvalue weighted by atomic mass is 127. The van der Waals surface area contributed by atoms with Gasteiger partial charge in [0.1, 0.15) is 0 Å². The third-order valence-corrected chi connectivity index (χ3v) is 3.99. The second-order valence-corrected chi connectivity index (χ2v) is 5.93. The Morgan fingerprint density at radius 3 is 2.69 bits per heavy atom. The third-order valence-electron chi connectivity index (χ3n) is 3.99. The van der Waals surface area contributed by atoms with E-state index in [2.05, 4.69) is 65.1 Å². The molecule has 0 spiro atoms. The van der Waals surface area contributed by atoms with E-state index in [9.17, 15) is 0 Å². The molecule has 0 aliphatic heterocycles. The van der Waals surface area contributed by atoms with E-state index in [4.69, 9.17) is 4.99 Å². The van der Waals surface area contributed by atoms with Gasteiger partial charge in [0.25, 0.3) is 0 Å². The lowest BCUT2D eigenvalue weighted by Gasteiger charge is -2.11. The molecule has 0 saturated heterocycles. The molecular weight excluding hydrogens is 437 g/mol. The van der Waals surface area contributed by atoms with Crippen LogP contribution >= 0.6 is 24.0 Å². The molecule has 26 heavy (non-hydrogen) atoms. The van der Waals surface area contributed by atoms with Gasteiger partial charge in [-0.15, -0.1) is 24.0 Å². The summed E-state index contributed by atoms with van der Waals surface area (Å²) in [4.78, 5) is 4.70. The van der Waals surface area contributed by atoms with E-state index in [0.29, 0.717) is 6.54 Å². The van der Waals surface area contributed by atoms with Gasteiger partial charge in [-0.25, -0.2) is 4.99 Å². The van der Waals surface area contributed by atoms with Crippen LogP contribution in [0.15, 0.2) is 65.9 Å². The van der Waals surface area contributed by atoms with Crippen LogP contribution in [0.25, 0.3) is 10.8 Å². The summed E-state index contributed by atoms with van der Waals surface area (Å²) in [6, 6.07) is 16.9. The lowest BCUT2D eigenvalue weighted by atomic mass is 10.1. The second kappa shape index (κ2) is 10.8. The predicted molar refractivity (Wildman–Crippen MR) is 119 cm³/mol. The molecule has 2 aromatic carbocycles. The Labute approximate surface area is 171 Å². The zero-order chi connectivity index (χ0) is 17.3. The van der Waals surface area contributed by atoms with Gasteiger partial charge in [0.05, 0.1) is 6.54 Å². The summed E-state index contributed by atoms with van der Waals surface area (Å²) in [6.45, 7) is 5.37. The van der Waals surface area contributed by atoms with Gasteiger partial charge in [-0.05, 0) is 41.8 Å².